The van der Waals surface area contributed by atoms with Crippen molar-refractivity contribution in [2.24, 2.45) is 0 Å². The van der Waals surface area contributed by atoms with Crippen LogP contribution < -0.4 is 0 Å². The van der Waals surface area contributed by atoms with E-state index in [1.54, 1.807) is 20.8 Å². The molecule has 0 spiro atoms. The zero-order chi connectivity index (χ0) is 13.3. The molecule has 0 aromatic rings. The van der Waals surface area contributed by atoms with Gasteiger partial charge in [-0.05, 0) is 20.8 Å². The van der Waals surface area contributed by atoms with E-state index in [1.807, 2.05) is 0 Å². The average Bonchev–Trinajstić information content (AvgIpc) is 2.13. The molecule has 0 aromatic carbocycles. The van der Waals surface area contributed by atoms with Gasteiger partial charge < -0.3 is 9.53 Å². The summed E-state index contributed by atoms with van der Waals surface area (Å²) in [7, 11) is -3.23. The van der Waals surface area contributed by atoms with Crippen LogP contribution in [0, 0.1) is 0 Å². The molecule has 1 aliphatic heterocycles. The van der Waals surface area contributed by atoms with Crippen LogP contribution in [0.2, 0.25) is 0 Å². The van der Waals surface area contributed by atoms with Crippen LogP contribution in [0.3, 0.4) is 0 Å². The van der Waals surface area contributed by atoms with Gasteiger partial charge in [-0.1, -0.05) is 0 Å². The Balaban J connectivity index is 2.77. The monoisotopic (exact) mass is 263 g/mol. The lowest BCUT2D eigenvalue weighted by Crippen LogP contribution is -2.53. The molecule has 0 radical (unpaired) electrons. The predicted octanol–water partition coefficient (Wildman–Crippen LogP) is 0.219. The van der Waals surface area contributed by atoms with Crippen LogP contribution in [0.4, 0.5) is 4.79 Å². The number of aldehydes is 1. The summed E-state index contributed by atoms with van der Waals surface area (Å²) in [6.07, 6.45) is -0.176. The summed E-state index contributed by atoms with van der Waals surface area (Å²) < 4.78 is 27.8. The zero-order valence-electron chi connectivity index (χ0n) is 10.2. The summed E-state index contributed by atoms with van der Waals surface area (Å²) in [6, 6.07) is -0.941. The van der Waals surface area contributed by atoms with E-state index in [4.69, 9.17) is 4.74 Å². The molecular weight excluding hydrogens is 246 g/mol. The van der Waals surface area contributed by atoms with Crippen molar-refractivity contribution in [2.75, 3.05) is 18.1 Å². The highest BCUT2D eigenvalue weighted by molar-refractivity contribution is 7.91. The van der Waals surface area contributed by atoms with Gasteiger partial charge in [0.15, 0.2) is 9.84 Å². The third-order valence-corrected chi connectivity index (χ3v) is 3.91. The first kappa shape index (κ1) is 14.0. The lowest BCUT2D eigenvalue weighted by molar-refractivity contribution is -0.112. The number of hydrogen-bond donors (Lipinski definition) is 0. The molecule has 0 N–H and O–H groups in total. The molecule has 1 amide bonds. The van der Waals surface area contributed by atoms with Crippen LogP contribution in [0.1, 0.15) is 20.8 Å². The Kier molecular flexibility index (Phi) is 3.81. The zero-order valence-corrected chi connectivity index (χ0v) is 11.0. The molecule has 1 rings (SSSR count). The predicted molar refractivity (Wildman–Crippen MR) is 61.4 cm³/mol. The van der Waals surface area contributed by atoms with Gasteiger partial charge in [-0.2, -0.15) is 0 Å². The summed E-state index contributed by atoms with van der Waals surface area (Å²) in [6.45, 7) is 5.13. The minimum atomic E-state index is -3.23. The van der Waals surface area contributed by atoms with Crippen molar-refractivity contribution in [2.45, 2.75) is 32.4 Å². The number of carbonyl (C=O) groups is 2. The van der Waals surface area contributed by atoms with Crippen LogP contribution in [0.15, 0.2) is 0 Å². The smallest absolute Gasteiger partial charge is 0.410 e. The highest BCUT2D eigenvalue weighted by atomic mass is 32.2. The number of hydrogen-bond acceptors (Lipinski definition) is 5. The van der Waals surface area contributed by atoms with Gasteiger partial charge in [-0.3, -0.25) is 4.90 Å². The molecular formula is C10H17NO5S. The van der Waals surface area contributed by atoms with E-state index >= 15 is 0 Å². The minimum absolute atomic E-state index is 0.000648. The molecule has 7 heteroatoms. The van der Waals surface area contributed by atoms with Gasteiger partial charge in [0.1, 0.15) is 17.9 Å². The Labute approximate surface area is 101 Å². The van der Waals surface area contributed by atoms with Gasteiger partial charge in [-0.15, -0.1) is 0 Å². The Bertz CT molecular complexity index is 409. The topological polar surface area (TPSA) is 80.8 Å². The van der Waals surface area contributed by atoms with Gasteiger partial charge in [0.2, 0.25) is 0 Å². The fourth-order valence-electron chi connectivity index (χ4n) is 1.50. The van der Waals surface area contributed by atoms with E-state index in [0.29, 0.717) is 6.29 Å². The lowest BCUT2D eigenvalue weighted by Gasteiger charge is -2.33. The third-order valence-electron chi connectivity index (χ3n) is 2.25. The lowest BCUT2D eigenvalue weighted by atomic mass is 10.2. The van der Waals surface area contributed by atoms with Gasteiger partial charge in [0.05, 0.1) is 11.5 Å². The van der Waals surface area contributed by atoms with Crippen LogP contribution in [-0.2, 0) is 19.4 Å². The van der Waals surface area contributed by atoms with Gasteiger partial charge in [0, 0.05) is 6.54 Å². The molecule has 98 valence electrons. The van der Waals surface area contributed by atoms with Crippen molar-refractivity contribution in [1.29, 1.82) is 0 Å². The standard InChI is InChI=1S/C10H17NO5S/c1-10(2,3)16-9(13)11-4-5-17(14,15)7-8(11)6-12/h6,8H,4-5,7H2,1-3H3. The SMILES string of the molecule is CC(C)(C)OC(=O)N1CCS(=O)(=O)CC1C=O. The highest BCUT2D eigenvalue weighted by Crippen LogP contribution is 2.15. The number of nitrogens with zero attached hydrogens (tertiary/aromatic N) is 1. The number of carbonyl (C=O) groups excluding carboxylic acids is 2. The first-order valence-corrected chi connectivity index (χ1v) is 7.12. The Morgan fingerprint density at radius 1 is 1.41 bits per heavy atom. The molecule has 1 atom stereocenters. The van der Waals surface area contributed by atoms with E-state index < -0.39 is 27.6 Å². The molecule has 1 fully saturated rings. The summed E-state index contributed by atoms with van der Waals surface area (Å²) in [5.74, 6) is -0.452. The Morgan fingerprint density at radius 2 is 2.00 bits per heavy atom. The Hall–Kier alpha value is -1.11. The number of ether oxygens (including phenoxy) is 1. The maximum atomic E-state index is 11.7. The maximum Gasteiger partial charge on any atom is 0.410 e. The third kappa shape index (κ3) is 3.99. The van der Waals surface area contributed by atoms with E-state index in [0.717, 1.165) is 0 Å². The van der Waals surface area contributed by atoms with Crippen molar-refractivity contribution >= 4 is 22.2 Å². The molecule has 0 saturated carbocycles. The number of rotatable bonds is 1. The molecule has 0 bridgehead atoms. The summed E-state index contributed by atoms with van der Waals surface area (Å²) in [4.78, 5) is 23.7. The Morgan fingerprint density at radius 3 is 2.47 bits per heavy atom. The maximum absolute atomic E-state index is 11.7. The molecule has 0 aliphatic carbocycles. The highest BCUT2D eigenvalue weighted by Gasteiger charge is 2.36. The fraction of sp³-hybridized carbons (Fsp3) is 0.800. The van der Waals surface area contributed by atoms with Gasteiger partial charge in [0.25, 0.3) is 0 Å². The summed E-state index contributed by atoms with van der Waals surface area (Å²) in [5, 5.41) is 0. The fourth-order valence-corrected chi connectivity index (χ4v) is 2.92. The van der Waals surface area contributed by atoms with E-state index in [2.05, 4.69) is 0 Å². The number of amides is 1. The van der Waals surface area contributed by atoms with Crippen molar-refractivity contribution < 1.29 is 22.7 Å². The second kappa shape index (κ2) is 4.64. The minimum Gasteiger partial charge on any atom is -0.444 e. The summed E-state index contributed by atoms with van der Waals surface area (Å²) >= 11 is 0. The second-order valence-electron chi connectivity index (χ2n) is 4.99. The van der Waals surface area contributed by atoms with Crippen molar-refractivity contribution in [3.63, 3.8) is 0 Å². The largest absolute Gasteiger partial charge is 0.444 e. The summed E-state index contributed by atoms with van der Waals surface area (Å²) in [5.41, 5.74) is -0.666. The number of sulfone groups is 1. The normalized spacial score (nSPS) is 24.2. The van der Waals surface area contributed by atoms with Crippen LogP contribution in [0.5, 0.6) is 0 Å². The molecule has 0 aromatic heterocycles. The quantitative estimate of drug-likeness (QED) is 0.632. The first-order chi connectivity index (χ1) is 7.64. The molecule has 6 nitrogen and oxygen atoms in total. The second-order valence-corrected chi connectivity index (χ2v) is 7.22. The van der Waals surface area contributed by atoms with Gasteiger partial charge >= 0.3 is 6.09 Å². The molecule has 17 heavy (non-hydrogen) atoms. The van der Waals surface area contributed by atoms with Crippen LogP contribution >= 0.6 is 0 Å². The van der Waals surface area contributed by atoms with Crippen LogP contribution in [-0.4, -0.2) is 55.4 Å². The van der Waals surface area contributed by atoms with Crippen molar-refractivity contribution in [3.05, 3.63) is 0 Å². The first-order valence-electron chi connectivity index (χ1n) is 5.30. The molecule has 1 saturated heterocycles. The van der Waals surface area contributed by atoms with Gasteiger partial charge in [-0.25, -0.2) is 13.2 Å². The van der Waals surface area contributed by atoms with Crippen LogP contribution in [0.25, 0.3) is 0 Å². The molecule has 1 aliphatic rings. The van der Waals surface area contributed by atoms with Crippen molar-refractivity contribution in [3.8, 4) is 0 Å². The van der Waals surface area contributed by atoms with E-state index in [9.17, 15) is 18.0 Å². The van der Waals surface area contributed by atoms with Crippen molar-refractivity contribution in [1.82, 2.24) is 4.90 Å². The average molecular weight is 263 g/mol. The van der Waals surface area contributed by atoms with E-state index in [-0.39, 0.29) is 18.1 Å². The molecule has 1 heterocycles. The van der Waals surface area contributed by atoms with E-state index in [1.165, 1.54) is 4.90 Å². The molecule has 1 unspecified atom stereocenters.